The third-order valence-corrected chi connectivity index (χ3v) is 1.82. The molecule has 0 aromatic heterocycles. The van der Waals surface area contributed by atoms with Crippen molar-refractivity contribution >= 4 is 6.16 Å². The largest absolute Gasteiger partial charge is 0.514 e. The normalized spacial score (nSPS) is 11.9. The molecular weight excluding hydrogens is 244 g/mol. The molecule has 0 N–H and O–H groups in total. The molecule has 0 aliphatic rings. The van der Waals surface area contributed by atoms with Gasteiger partial charge in [0.1, 0.15) is 22.7 Å². The van der Waals surface area contributed by atoms with Crippen LogP contribution in [0.15, 0.2) is 24.3 Å². The number of benzene rings is 1. The van der Waals surface area contributed by atoms with Crippen LogP contribution < -0.4 is 9.47 Å². The lowest BCUT2D eigenvalue weighted by Crippen LogP contribution is -2.26. The van der Waals surface area contributed by atoms with Gasteiger partial charge in [-0.2, -0.15) is 0 Å². The highest BCUT2D eigenvalue weighted by Gasteiger charge is 2.18. The minimum Gasteiger partial charge on any atom is -0.488 e. The van der Waals surface area contributed by atoms with E-state index in [0.29, 0.717) is 11.5 Å². The number of rotatable bonds is 2. The fourth-order valence-corrected chi connectivity index (χ4v) is 1.32. The predicted molar refractivity (Wildman–Crippen MR) is 73.7 cm³/mol. The molecule has 1 rings (SSSR count). The van der Waals surface area contributed by atoms with Crippen LogP contribution in [-0.4, -0.2) is 17.4 Å². The molecule has 0 heterocycles. The third kappa shape index (κ3) is 6.70. The summed E-state index contributed by atoms with van der Waals surface area (Å²) in [6.07, 6.45) is -0.722. The standard InChI is InChI=1S/C15H22O4/c1-14(2,3)18-12-9-7-8-11(10-12)17-13(16)19-15(4,5)6/h7-10H,1-6H3. The van der Waals surface area contributed by atoms with E-state index in [0.717, 1.165) is 0 Å². The molecule has 0 unspecified atom stereocenters. The number of hydrogen-bond donors (Lipinski definition) is 0. The van der Waals surface area contributed by atoms with Crippen molar-refractivity contribution in [2.75, 3.05) is 0 Å². The molecule has 0 bridgehead atoms. The molecule has 1 aromatic carbocycles. The van der Waals surface area contributed by atoms with Crippen LogP contribution >= 0.6 is 0 Å². The van der Waals surface area contributed by atoms with Crippen molar-refractivity contribution in [1.82, 2.24) is 0 Å². The average Bonchev–Trinajstić information content (AvgIpc) is 2.11. The van der Waals surface area contributed by atoms with Crippen LogP contribution in [0.1, 0.15) is 41.5 Å². The van der Waals surface area contributed by atoms with Crippen LogP contribution in [0.25, 0.3) is 0 Å². The molecule has 0 saturated heterocycles. The highest BCUT2D eigenvalue weighted by molar-refractivity contribution is 5.64. The quantitative estimate of drug-likeness (QED) is 0.595. The second-order valence-corrected chi connectivity index (χ2v) is 6.26. The van der Waals surface area contributed by atoms with Gasteiger partial charge in [-0.25, -0.2) is 4.79 Å². The minimum absolute atomic E-state index is 0.301. The average molecular weight is 266 g/mol. The Morgan fingerprint density at radius 2 is 1.53 bits per heavy atom. The molecule has 19 heavy (non-hydrogen) atoms. The molecule has 1 aromatic rings. The van der Waals surface area contributed by atoms with Gasteiger partial charge in [0, 0.05) is 6.07 Å². The van der Waals surface area contributed by atoms with Crippen molar-refractivity contribution < 1.29 is 19.0 Å². The lowest BCUT2D eigenvalue weighted by molar-refractivity contribution is 0.0205. The van der Waals surface area contributed by atoms with Crippen LogP contribution in [0.3, 0.4) is 0 Å². The fourth-order valence-electron chi connectivity index (χ4n) is 1.32. The van der Waals surface area contributed by atoms with Gasteiger partial charge in [0.25, 0.3) is 0 Å². The van der Waals surface area contributed by atoms with Crippen molar-refractivity contribution in [1.29, 1.82) is 0 Å². The number of carbonyl (C=O) groups is 1. The first-order valence-corrected chi connectivity index (χ1v) is 6.25. The Morgan fingerprint density at radius 1 is 0.947 bits per heavy atom. The van der Waals surface area contributed by atoms with Gasteiger partial charge in [0.05, 0.1) is 0 Å². The van der Waals surface area contributed by atoms with Crippen molar-refractivity contribution in [2.24, 2.45) is 0 Å². The molecule has 0 fully saturated rings. The highest BCUT2D eigenvalue weighted by Crippen LogP contribution is 2.24. The maximum atomic E-state index is 11.5. The van der Waals surface area contributed by atoms with Crippen LogP contribution in [0.5, 0.6) is 11.5 Å². The van der Waals surface area contributed by atoms with E-state index in [-0.39, 0.29) is 5.60 Å². The first kappa shape index (κ1) is 15.3. The Labute approximate surface area is 114 Å². The summed E-state index contributed by atoms with van der Waals surface area (Å²) in [5, 5.41) is 0. The summed E-state index contributed by atoms with van der Waals surface area (Å²) in [5.74, 6) is 1.05. The summed E-state index contributed by atoms with van der Waals surface area (Å²) in [6.45, 7) is 11.2. The molecule has 0 atom stereocenters. The minimum atomic E-state index is -0.722. The molecule has 0 spiro atoms. The van der Waals surface area contributed by atoms with Gasteiger partial charge >= 0.3 is 6.16 Å². The van der Waals surface area contributed by atoms with Crippen LogP contribution in [0, 0.1) is 0 Å². The number of ether oxygens (including phenoxy) is 3. The molecule has 0 aliphatic carbocycles. The Balaban J connectivity index is 2.70. The zero-order valence-electron chi connectivity index (χ0n) is 12.4. The Kier molecular flexibility index (Phi) is 4.45. The van der Waals surface area contributed by atoms with Gasteiger partial charge in [0.15, 0.2) is 0 Å². The fraction of sp³-hybridized carbons (Fsp3) is 0.533. The van der Waals surface area contributed by atoms with Gasteiger partial charge in [-0.05, 0) is 53.7 Å². The van der Waals surface area contributed by atoms with Crippen molar-refractivity contribution in [3.63, 3.8) is 0 Å². The highest BCUT2D eigenvalue weighted by atomic mass is 16.7. The summed E-state index contributed by atoms with van der Waals surface area (Å²) >= 11 is 0. The number of hydrogen-bond acceptors (Lipinski definition) is 4. The molecule has 4 heteroatoms. The van der Waals surface area contributed by atoms with Gasteiger partial charge in [0.2, 0.25) is 0 Å². The lowest BCUT2D eigenvalue weighted by atomic mass is 10.2. The van der Waals surface area contributed by atoms with Gasteiger partial charge in [-0.3, -0.25) is 0 Å². The van der Waals surface area contributed by atoms with E-state index < -0.39 is 11.8 Å². The zero-order chi connectivity index (χ0) is 14.7. The van der Waals surface area contributed by atoms with E-state index in [2.05, 4.69) is 0 Å². The molecule has 0 aliphatic heterocycles. The summed E-state index contributed by atoms with van der Waals surface area (Å²) in [4.78, 5) is 11.5. The van der Waals surface area contributed by atoms with Gasteiger partial charge in [-0.1, -0.05) is 6.07 Å². The van der Waals surface area contributed by atoms with Crippen molar-refractivity contribution in [2.45, 2.75) is 52.7 Å². The molecule has 4 nitrogen and oxygen atoms in total. The number of carbonyl (C=O) groups excluding carboxylic acids is 1. The Morgan fingerprint density at radius 3 is 2.05 bits per heavy atom. The molecular formula is C15H22O4. The van der Waals surface area contributed by atoms with Crippen LogP contribution in [0.2, 0.25) is 0 Å². The second-order valence-electron chi connectivity index (χ2n) is 6.26. The van der Waals surface area contributed by atoms with E-state index in [1.165, 1.54) is 0 Å². The zero-order valence-corrected chi connectivity index (χ0v) is 12.4. The first-order chi connectivity index (χ1) is 8.55. The van der Waals surface area contributed by atoms with Crippen LogP contribution in [-0.2, 0) is 4.74 Å². The molecule has 0 amide bonds. The third-order valence-electron chi connectivity index (χ3n) is 1.82. The summed E-state index contributed by atoms with van der Waals surface area (Å²) < 4.78 is 15.9. The lowest BCUT2D eigenvalue weighted by Gasteiger charge is -2.22. The van der Waals surface area contributed by atoms with E-state index in [4.69, 9.17) is 14.2 Å². The van der Waals surface area contributed by atoms with Gasteiger partial charge in [-0.15, -0.1) is 0 Å². The van der Waals surface area contributed by atoms with E-state index in [9.17, 15) is 4.79 Å². The topological polar surface area (TPSA) is 44.8 Å². The summed E-state index contributed by atoms with van der Waals surface area (Å²) in [7, 11) is 0. The van der Waals surface area contributed by atoms with E-state index in [1.54, 1.807) is 39.0 Å². The van der Waals surface area contributed by atoms with Crippen molar-refractivity contribution in [3.05, 3.63) is 24.3 Å². The summed E-state index contributed by atoms with van der Waals surface area (Å²) in [5.41, 5.74) is -0.874. The van der Waals surface area contributed by atoms with E-state index in [1.807, 2.05) is 26.8 Å². The monoisotopic (exact) mass is 266 g/mol. The smallest absolute Gasteiger partial charge is 0.488 e. The Bertz CT molecular complexity index is 438. The van der Waals surface area contributed by atoms with E-state index >= 15 is 0 Å². The maximum absolute atomic E-state index is 11.5. The predicted octanol–water partition coefficient (Wildman–Crippen LogP) is 4.18. The van der Waals surface area contributed by atoms with Crippen molar-refractivity contribution in [3.8, 4) is 11.5 Å². The first-order valence-electron chi connectivity index (χ1n) is 6.25. The van der Waals surface area contributed by atoms with Crippen LogP contribution in [0.4, 0.5) is 4.79 Å². The second kappa shape index (κ2) is 5.51. The summed E-state index contributed by atoms with van der Waals surface area (Å²) in [6, 6.07) is 6.92. The Hall–Kier alpha value is -1.71. The molecule has 0 radical (unpaired) electrons. The molecule has 0 saturated carbocycles. The molecule has 106 valence electrons. The SMILES string of the molecule is CC(C)(C)OC(=O)Oc1cccc(OC(C)(C)C)c1. The van der Waals surface area contributed by atoms with Gasteiger partial charge < -0.3 is 14.2 Å². The maximum Gasteiger partial charge on any atom is 0.514 e.